The third-order valence-corrected chi connectivity index (χ3v) is 2.26. The molecule has 14 heavy (non-hydrogen) atoms. The number of aliphatic carboxylic acids is 1. The van der Waals surface area contributed by atoms with Gasteiger partial charge in [-0.1, -0.05) is 0 Å². The van der Waals surface area contributed by atoms with E-state index in [9.17, 15) is 14.7 Å². The van der Waals surface area contributed by atoms with Gasteiger partial charge in [0.15, 0.2) is 0 Å². The standard InChI is InChI=1S/C9H15NO4/c11-7(5-9(13)14)6-10-4-2-1-3-8(10)12/h7,11H,1-6H2,(H,13,14). The predicted molar refractivity (Wildman–Crippen MR) is 48.7 cm³/mol. The van der Waals surface area contributed by atoms with Crippen LogP contribution in [0.25, 0.3) is 0 Å². The summed E-state index contributed by atoms with van der Waals surface area (Å²) < 4.78 is 0. The summed E-state index contributed by atoms with van der Waals surface area (Å²) in [6, 6.07) is 0. The quantitative estimate of drug-likeness (QED) is 0.662. The molecule has 0 bridgehead atoms. The average Bonchev–Trinajstić information content (AvgIpc) is 2.07. The van der Waals surface area contributed by atoms with E-state index in [2.05, 4.69) is 0 Å². The van der Waals surface area contributed by atoms with Gasteiger partial charge in [-0.15, -0.1) is 0 Å². The second kappa shape index (κ2) is 4.95. The maximum Gasteiger partial charge on any atom is 0.306 e. The van der Waals surface area contributed by atoms with Crippen molar-refractivity contribution in [3.63, 3.8) is 0 Å². The maximum atomic E-state index is 11.3. The van der Waals surface area contributed by atoms with E-state index in [-0.39, 0.29) is 18.9 Å². The van der Waals surface area contributed by atoms with Crippen LogP contribution in [-0.4, -0.2) is 46.2 Å². The number of piperidine rings is 1. The number of amides is 1. The molecule has 1 saturated heterocycles. The lowest BCUT2D eigenvalue weighted by molar-refractivity contribution is -0.142. The van der Waals surface area contributed by atoms with Crippen LogP contribution in [0, 0.1) is 0 Å². The number of carboxylic acids is 1. The number of hydrogen-bond donors (Lipinski definition) is 2. The molecule has 1 amide bonds. The Labute approximate surface area is 82.3 Å². The lowest BCUT2D eigenvalue weighted by atomic mass is 10.1. The number of carbonyl (C=O) groups excluding carboxylic acids is 1. The molecule has 1 rings (SSSR count). The number of hydrogen-bond acceptors (Lipinski definition) is 3. The van der Waals surface area contributed by atoms with E-state index in [0.717, 1.165) is 12.8 Å². The number of aliphatic hydroxyl groups excluding tert-OH is 1. The maximum absolute atomic E-state index is 11.3. The summed E-state index contributed by atoms with van der Waals surface area (Å²) in [6.45, 7) is 0.778. The van der Waals surface area contributed by atoms with Gasteiger partial charge in [-0.3, -0.25) is 9.59 Å². The fourth-order valence-electron chi connectivity index (χ4n) is 1.58. The van der Waals surface area contributed by atoms with Gasteiger partial charge in [-0.2, -0.15) is 0 Å². The van der Waals surface area contributed by atoms with Crippen LogP contribution in [0.1, 0.15) is 25.7 Å². The third kappa shape index (κ3) is 3.33. The van der Waals surface area contributed by atoms with E-state index in [1.165, 1.54) is 4.90 Å². The number of carbonyl (C=O) groups is 2. The summed E-state index contributed by atoms with van der Waals surface area (Å²) in [5.41, 5.74) is 0. The first-order chi connectivity index (χ1) is 6.59. The number of aliphatic hydroxyl groups is 1. The first kappa shape index (κ1) is 11.0. The normalized spacial score (nSPS) is 19.5. The Balaban J connectivity index is 2.34. The van der Waals surface area contributed by atoms with Gasteiger partial charge in [0.25, 0.3) is 0 Å². The van der Waals surface area contributed by atoms with Crippen LogP contribution in [0.3, 0.4) is 0 Å². The van der Waals surface area contributed by atoms with Gasteiger partial charge in [0.1, 0.15) is 0 Å². The van der Waals surface area contributed by atoms with Crippen molar-refractivity contribution in [2.75, 3.05) is 13.1 Å². The van der Waals surface area contributed by atoms with Crippen molar-refractivity contribution >= 4 is 11.9 Å². The van der Waals surface area contributed by atoms with Crippen molar-refractivity contribution in [1.82, 2.24) is 4.90 Å². The lowest BCUT2D eigenvalue weighted by Gasteiger charge is -2.28. The van der Waals surface area contributed by atoms with Gasteiger partial charge in [0, 0.05) is 19.5 Å². The molecule has 0 radical (unpaired) electrons. The summed E-state index contributed by atoms with van der Waals surface area (Å²) >= 11 is 0. The Kier molecular flexibility index (Phi) is 3.88. The first-order valence-corrected chi connectivity index (χ1v) is 4.77. The van der Waals surface area contributed by atoms with E-state index in [0.29, 0.717) is 13.0 Å². The lowest BCUT2D eigenvalue weighted by Crippen LogP contribution is -2.41. The molecular weight excluding hydrogens is 186 g/mol. The molecule has 80 valence electrons. The summed E-state index contributed by atoms with van der Waals surface area (Å²) in [7, 11) is 0. The highest BCUT2D eigenvalue weighted by atomic mass is 16.4. The molecule has 0 spiro atoms. The van der Waals surface area contributed by atoms with E-state index in [4.69, 9.17) is 5.11 Å². The molecule has 1 fully saturated rings. The second-order valence-corrected chi connectivity index (χ2v) is 3.55. The number of β-amino-alcohol motifs (C(OH)–C–C–N with tert-alkyl or cyclic N) is 1. The summed E-state index contributed by atoms with van der Waals surface area (Å²) in [5, 5.41) is 17.7. The topological polar surface area (TPSA) is 77.8 Å². The molecule has 5 heteroatoms. The molecule has 0 aromatic heterocycles. The van der Waals surface area contributed by atoms with Crippen molar-refractivity contribution in [2.45, 2.75) is 31.8 Å². The summed E-state index contributed by atoms with van der Waals surface area (Å²) in [4.78, 5) is 23.1. The van der Waals surface area contributed by atoms with Crippen LogP contribution >= 0.6 is 0 Å². The minimum Gasteiger partial charge on any atom is -0.481 e. The van der Waals surface area contributed by atoms with Crippen LogP contribution in [0.5, 0.6) is 0 Å². The van der Waals surface area contributed by atoms with E-state index in [1.807, 2.05) is 0 Å². The molecule has 1 heterocycles. The van der Waals surface area contributed by atoms with Crippen LogP contribution in [-0.2, 0) is 9.59 Å². The van der Waals surface area contributed by atoms with Crippen molar-refractivity contribution < 1.29 is 19.8 Å². The van der Waals surface area contributed by atoms with E-state index < -0.39 is 12.1 Å². The highest BCUT2D eigenvalue weighted by molar-refractivity contribution is 5.77. The van der Waals surface area contributed by atoms with Gasteiger partial charge < -0.3 is 15.1 Å². The van der Waals surface area contributed by atoms with Crippen molar-refractivity contribution in [3.05, 3.63) is 0 Å². The molecule has 0 aromatic carbocycles. The Morgan fingerprint density at radius 3 is 2.79 bits per heavy atom. The number of rotatable bonds is 4. The molecule has 1 atom stereocenters. The zero-order valence-electron chi connectivity index (χ0n) is 7.98. The van der Waals surface area contributed by atoms with Gasteiger partial charge in [0.05, 0.1) is 12.5 Å². The predicted octanol–water partition coefficient (Wildman–Crippen LogP) is -0.166. The fraction of sp³-hybridized carbons (Fsp3) is 0.778. The Morgan fingerprint density at radius 1 is 1.50 bits per heavy atom. The van der Waals surface area contributed by atoms with Crippen LogP contribution in [0.15, 0.2) is 0 Å². The molecule has 0 aliphatic carbocycles. The minimum absolute atomic E-state index is 0.0145. The van der Waals surface area contributed by atoms with Crippen LogP contribution in [0.2, 0.25) is 0 Å². The Morgan fingerprint density at radius 2 is 2.21 bits per heavy atom. The third-order valence-electron chi connectivity index (χ3n) is 2.26. The Bertz CT molecular complexity index is 229. The van der Waals surface area contributed by atoms with Crippen LogP contribution in [0.4, 0.5) is 0 Å². The molecule has 0 aromatic rings. The Hall–Kier alpha value is -1.10. The van der Waals surface area contributed by atoms with Gasteiger partial charge in [0.2, 0.25) is 5.91 Å². The van der Waals surface area contributed by atoms with Crippen molar-refractivity contribution in [3.8, 4) is 0 Å². The number of carboxylic acid groups (broad SMARTS) is 1. The van der Waals surface area contributed by atoms with Gasteiger partial charge in [-0.25, -0.2) is 0 Å². The van der Waals surface area contributed by atoms with Crippen molar-refractivity contribution in [1.29, 1.82) is 0 Å². The SMILES string of the molecule is O=C(O)CC(O)CN1CCCCC1=O. The molecule has 1 aliphatic heterocycles. The number of likely N-dealkylation sites (tertiary alicyclic amines) is 1. The minimum atomic E-state index is -1.04. The monoisotopic (exact) mass is 201 g/mol. The second-order valence-electron chi connectivity index (χ2n) is 3.55. The smallest absolute Gasteiger partial charge is 0.306 e. The number of nitrogens with zero attached hydrogens (tertiary/aromatic N) is 1. The highest BCUT2D eigenvalue weighted by Crippen LogP contribution is 2.11. The molecule has 0 saturated carbocycles. The molecule has 1 unspecified atom stereocenters. The molecule has 2 N–H and O–H groups in total. The summed E-state index contributed by atoms with van der Waals surface area (Å²) in [5.74, 6) is -1.03. The summed E-state index contributed by atoms with van der Waals surface area (Å²) in [6.07, 6.45) is 1.09. The van der Waals surface area contributed by atoms with E-state index in [1.54, 1.807) is 0 Å². The zero-order valence-corrected chi connectivity index (χ0v) is 7.98. The van der Waals surface area contributed by atoms with Gasteiger partial charge in [-0.05, 0) is 12.8 Å². The zero-order chi connectivity index (χ0) is 10.6. The molecule has 1 aliphatic rings. The van der Waals surface area contributed by atoms with E-state index >= 15 is 0 Å². The average molecular weight is 201 g/mol. The molecular formula is C9H15NO4. The van der Waals surface area contributed by atoms with Gasteiger partial charge >= 0.3 is 5.97 Å². The highest BCUT2D eigenvalue weighted by Gasteiger charge is 2.21. The molecule has 5 nitrogen and oxygen atoms in total. The van der Waals surface area contributed by atoms with Crippen molar-refractivity contribution in [2.24, 2.45) is 0 Å². The fourth-order valence-corrected chi connectivity index (χ4v) is 1.58. The largest absolute Gasteiger partial charge is 0.481 e. The van der Waals surface area contributed by atoms with Crippen LogP contribution < -0.4 is 0 Å². The first-order valence-electron chi connectivity index (χ1n) is 4.77.